The predicted molar refractivity (Wildman–Crippen MR) is 201 cm³/mol. The molecule has 1 aromatic heterocycles. The van der Waals surface area contributed by atoms with Gasteiger partial charge in [0, 0.05) is 16.7 Å². The van der Waals surface area contributed by atoms with Crippen molar-refractivity contribution in [1.29, 1.82) is 0 Å². The van der Waals surface area contributed by atoms with E-state index in [0.717, 1.165) is 16.7 Å². The first-order valence-corrected chi connectivity index (χ1v) is 16.3. The third-order valence-electron chi connectivity index (χ3n) is 9.67. The number of rotatable bonds is 3. The molecule has 0 saturated carbocycles. The molecule has 0 aliphatic rings. The van der Waals surface area contributed by atoms with Gasteiger partial charge >= 0.3 is 0 Å². The molecule has 0 spiro atoms. The lowest BCUT2D eigenvalue weighted by molar-refractivity contribution is 1.08. The average molecular weight is 610 g/mol. The SMILES string of the molecule is c1ccc(-c2nc(-c3ccc4ccc5c6ccccc6ccc5c4c3)nc(-c3ccc4ccc5c6ccccc6ccc5c4c3)n2)cc1. The first-order chi connectivity index (χ1) is 23.8. The van der Waals surface area contributed by atoms with Crippen molar-refractivity contribution in [2.24, 2.45) is 0 Å². The fraction of sp³-hybridized carbons (Fsp3) is 0. The van der Waals surface area contributed by atoms with E-state index in [-0.39, 0.29) is 0 Å². The molecule has 3 heteroatoms. The number of benzene rings is 9. The maximum atomic E-state index is 5.15. The molecule has 0 fully saturated rings. The van der Waals surface area contributed by atoms with Gasteiger partial charge in [-0.3, -0.25) is 0 Å². The molecule has 0 N–H and O–H groups in total. The minimum atomic E-state index is 0.655. The van der Waals surface area contributed by atoms with Gasteiger partial charge in [-0.05, 0) is 76.8 Å². The summed E-state index contributed by atoms with van der Waals surface area (Å²) in [6, 6.07) is 58.2. The van der Waals surface area contributed by atoms with Crippen molar-refractivity contribution in [2.45, 2.75) is 0 Å². The van der Waals surface area contributed by atoms with Gasteiger partial charge in [0.05, 0.1) is 0 Å². The van der Waals surface area contributed by atoms with Gasteiger partial charge in [-0.2, -0.15) is 0 Å². The van der Waals surface area contributed by atoms with Gasteiger partial charge in [-0.1, -0.05) is 152 Å². The van der Waals surface area contributed by atoms with E-state index in [9.17, 15) is 0 Å². The van der Waals surface area contributed by atoms with Crippen LogP contribution in [0.3, 0.4) is 0 Å². The molecule has 9 aromatic carbocycles. The van der Waals surface area contributed by atoms with Crippen LogP contribution in [0.25, 0.3) is 98.8 Å². The molecule has 10 rings (SSSR count). The van der Waals surface area contributed by atoms with Gasteiger partial charge in [0.2, 0.25) is 0 Å². The van der Waals surface area contributed by atoms with E-state index in [4.69, 9.17) is 15.0 Å². The maximum Gasteiger partial charge on any atom is 0.164 e. The first kappa shape index (κ1) is 26.7. The van der Waals surface area contributed by atoms with Crippen LogP contribution in [0, 0.1) is 0 Å². The number of hydrogen-bond acceptors (Lipinski definition) is 3. The monoisotopic (exact) mass is 609 g/mol. The summed E-state index contributed by atoms with van der Waals surface area (Å²) in [5.41, 5.74) is 2.88. The molecule has 0 aliphatic heterocycles. The highest BCUT2D eigenvalue weighted by molar-refractivity contribution is 6.19. The standard InChI is InChI=1S/C45H27N3/c1-2-10-32(11-3-1)43-46-44(33-16-14-30-20-22-37-35-12-6-4-8-28(35)18-24-39(37)41(30)26-33)48-45(47-43)34-17-15-31-21-23-38-36-13-7-5-9-29(36)19-25-40(38)42(31)27-34/h1-27H. The van der Waals surface area contributed by atoms with Crippen molar-refractivity contribution in [3.05, 3.63) is 164 Å². The molecule has 1 heterocycles. The summed E-state index contributed by atoms with van der Waals surface area (Å²) in [7, 11) is 0. The van der Waals surface area contributed by atoms with Gasteiger partial charge < -0.3 is 0 Å². The summed E-state index contributed by atoms with van der Waals surface area (Å²) in [6.45, 7) is 0. The highest BCUT2D eigenvalue weighted by Gasteiger charge is 2.15. The topological polar surface area (TPSA) is 38.7 Å². The van der Waals surface area contributed by atoms with E-state index in [1.165, 1.54) is 64.6 Å². The van der Waals surface area contributed by atoms with Crippen molar-refractivity contribution < 1.29 is 0 Å². The molecule has 0 amide bonds. The molecule has 0 unspecified atom stereocenters. The lowest BCUT2D eigenvalue weighted by atomic mass is 9.95. The summed E-state index contributed by atoms with van der Waals surface area (Å²) < 4.78 is 0. The predicted octanol–water partition coefficient (Wildman–Crippen LogP) is 11.8. The Morgan fingerprint density at radius 3 is 1.06 bits per heavy atom. The van der Waals surface area contributed by atoms with Crippen LogP contribution in [0.2, 0.25) is 0 Å². The normalized spacial score (nSPS) is 11.8. The fourth-order valence-corrected chi connectivity index (χ4v) is 7.26. The van der Waals surface area contributed by atoms with Crippen LogP contribution in [0.15, 0.2) is 164 Å². The molecular weight excluding hydrogens is 583 g/mol. The minimum Gasteiger partial charge on any atom is -0.208 e. The van der Waals surface area contributed by atoms with Gasteiger partial charge in [-0.15, -0.1) is 0 Å². The number of aromatic nitrogens is 3. The molecule has 48 heavy (non-hydrogen) atoms. The van der Waals surface area contributed by atoms with Gasteiger partial charge in [0.1, 0.15) is 0 Å². The molecule has 0 aliphatic carbocycles. The van der Waals surface area contributed by atoms with E-state index in [1.54, 1.807) is 0 Å². The second kappa shape index (κ2) is 10.5. The highest BCUT2D eigenvalue weighted by Crippen LogP contribution is 2.36. The smallest absolute Gasteiger partial charge is 0.164 e. The Morgan fingerprint density at radius 2 is 0.583 bits per heavy atom. The number of fused-ring (bicyclic) bond motifs is 10. The Hall–Kier alpha value is -6.45. The summed E-state index contributed by atoms with van der Waals surface area (Å²) in [4.78, 5) is 15.3. The third-order valence-corrected chi connectivity index (χ3v) is 9.67. The van der Waals surface area contributed by atoms with E-state index >= 15 is 0 Å². The molecule has 3 nitrogen and oxygen atoms in total. The molecule has 0 saturated heterocycles. The van der Waals surface area contributed by atoms with Crippen LogP contribution in [0.1, 0.15) is 0 Å². The minimum absolute atomic E-state index is 0.655. The number of hydrogen-bond donors (Lipinski definition) is 0. The summed E-state index contributed by atoms with van der Waals surface area (Å²) in [6.07, 6.45) is 0. The Labute approximate surface area is 276 Å². The summed E-state index contributed by atoms with van der Waals surface area (Å²) in [5, 5.41) is 14.7. The molecular formula is C45H27N3. The average Bonchev–Trinajstić information content (AvgIpc) is 3.17. The first-order valence-electron chi connectivity index (χ1n) is 16.3. The molecule has 0 atom stereocenters. The van der Waals surface area contributed by atoms with Crippen molar-refractivity contribution >= 4 is 64.6 Å². The van der Waals surface area contributed by atoms with Gasteiger partial charge in [0.25, 0.3) is 0 Å². The van der Waals surface area contributed by atoms with E-state index < -0.39 is 0 Å². The third kappa shape index (κ3) is 4.25. The van der Waals surface area contributed by atoms with Crippen molar-refractivity contribution in [3.8, 4) is 34.2 Å². The largest absolute Gasteiger partial charge is 0.208 e. The fourth-order valence-electron chi connectivity index (χ4n) is 7.26. The van der Waals surface area contributed by atoms with Crippen LogP contribution in [0.5, 0.6) is 0 Å². The molecule has 10 aromatic rings. The van der Waals surface area contributed by atoms with Crippen molar-refractivity contribution in [1.82, 2.24) is 15.0 Å². The Morgan fingerprint density at radius 1 is 0.229 bits per heavy atom. The quantitative estimate of drug-likeness (QED) is 0.187. The van der Waals surface area contributed by atoms with Gasteiger partial charge in [0.15, 0.2) is 17.5 Å². The van der Waals surface area contributed by atoms with Gasteiger partial charge in [-0.25, -0.2) is 15.0 Å². The summed E-state index contributed by atoms with van der Waals surface area (Å²) >= 11 is 0. The second-order valence-corrected chi connectivity index (χ2v) is 12.4. The van der Waals surface area contributed by atoms with Crippen LogP contribution in [-0.4, -0.2) is 15.0 Å². The van der Waals surface area contributed by atoms with Crippen molar-refractivity contribution in [2.75, 3.05) is 0 Å². The Kier molecular flexibility index (Phi) is 5.87. The lowest BCUT2D eigenvalue weighted by Crippen LogP contribution is -2.00. The molecule has 0 radical (unpaired) electrons. The zero-order chi connectivity index (χ0) is 31.6. The Bertz CT molecular complexity index is 2720. The van der Waals surface area contributed by atoms with E-state index in [1.807, 2.05) is 18.2 Å². The lowest BCUT2D eigenvalue weighted by Gasteiger charge is -2.12. The zero-order valence-electron chi connectivity index (χ0n) is 25.9. The van der Waals surface area contributed by atoms with Crippen LogP contribution >= 0.6 is 0 Å². The summed E-state index contributed by atoms with van der Waals surface area (Å²) in [5.74, 6) is 1.97. The maximum absolute atomic E-state index is 5.15. The molecule has 0 bridgehead atoms. The Balaban J connectivity index is 1.19. The molecule has 222 valence electrons. The highest BCUT2D eigenvalue weighted by atomic mass is 15.0. The number of nitrogens with zero attached hydrogens (tertiary/aromatic N) is 3. The van der Waals surface area contributed by atoms with E-state index in [0.29, 0.717) is 17.5 Å². The van der Waals surface area contributed by atoms with Crippen molar-refractivity contribution in [3.63, 3.8) is 0 Å². The zero-order valence-corrected chi connectivity index (χ0v) is 25.9. The van der Waals surface area contributed by atoms with Crippen LogP contribution in [-0.2, 0) is 0 Å². The second-order valence-electron chi connectivity index (χ2n) is 12.4. The van der Waals surface area contributed by atoms with E-state index in [2.05, 4.69) is 146 Å². The van der Waals surface area contributed by atoms with Crippen LogP contribution in [0.4, 0.5) is 0 Å². The van der Waals surface area contributed by atoms with Crippen LogP contribution < -0.4 is 0 Å².